The molecule has 8 aliphatic rings. The SMILES string of the molecule is C.C.C.C.C.C.C.C.C.C.C.C.C.C.C.C.O=C(COC(=O)CC(C(=O)OCC(=O)OCC1CCC2OC2C1)C(CC(=O)OCC(=O)OCC1CCC2OC2C1)C(=O)OCC(=O)OCC1CCC2OC2C1)OCC1CCC2OC2C1. The molecule has 20 heteroatoms. The van der Waals surface area contributed by atoms with Crippen LogP contribution < -0.4 is 0 Å². The lowest BCUT2D eigenvalue weighted by Gasteiger charge is -2.24. The first-order valence-electron chi connectivity index (χ1n) is 22.8. The third kappa shape index (κ3) is 29.0. The molecular weight excluding hydrogens is 1040 g/mol. The Labute approximate surface area is 487 Å². The highest BCUT2D eigenvalue weighted by molar-refractivity contribution is 5.90. The molecule has 0 radical (unpaired) electrons. The van der Waals surface area contributed by atoms with Crippen LogP contribution in [0.2, 0.25) is 0 Å². The van der Waals surface area contributed by atoms with Crippen molar-refractivity contribution in [2.45, 2.75) is 258 Å². The van der Waals surface area contributed by atoms with Crippen molar-refractivity contribution in [1.29, 1.82) is 0 Å². The molecule has 0 amide bonds. The molecule has 0 spiro atoms. The molecule has 4 saturated heterocycles. The van der Waals surface area contributed by atoms with Crippen LogP contribution in [-0.2, 0) is 95.2 Å². The Kier molecular flexibility index (Phi) is 52.4. The number of hydrogen-bond donors (Lipinski definition) is 0. The minimum atomic E-state index is -1.89. The zero-order valence-electron chi connectivity index (χ0n) is 35.8. The fourth-order valence-electron chi connectivity index (χ4n) is 9.57. The molecule has 8 fully saturated rings. The van der Waals surface area contributed by atoms with Crippen molar-refractivity contribution in [2.75, 3.05) is 52.9 Å². The van der Waals surface area contributed by atoms with Crippen LogP contribution >= 0.6 is 0 Å². The zero-order chi connectivity index (χ0) is 44.7. The van der Waals surface area contributed by atoms with Crippen molar-refractivity contribution in [3.63, 3.8) is 0 Å². The standard InChI is InChI=1S/C44H58O20.16CH4/c45-37(57-19-39(47)53-15-23-1-5-29-33(9-23)61-29)13-27(43(51)59-21-41(49)55-17-25-3-7-31-35(11-25)63-31)28(44(52)60-22-42(50)56-18-26-4-8-32-36(12-26)64-32)14-38(46)58-20-40(48)54-16-24-2-6-30-34(10-24)62-30;;;;;;;;;;;;;;;;/h23-36H,1-22H2;16*1H4. The molecule has 4 saturated carbocycles. The highest BCUT2D eigenvalue weighted by Crippen LogP contribution is 2.42. The molecule has 14 atom stereocenters. The summed E-state index contributed by atoms with van der Waals surface area (Å²) in [4.78, 5) is 105. The van der Waals surface area contributed by atoms with Gasteiger partial charge in [-0.05, 0) is 101 Å². The topological polar surface area (TPSA) is 261 Å². The maximum absolute atomic E-state index is 13.8. The first-order valence-corrected chi connectivity index (χ1v) is 22.8. The van der Waals surface area contributed by atoms with Crippen molar-refractivity contribution in [3.8, 4) is 0 Å². The third-order valence-electron chi connectivity index (χ3n) is 13.6. The van der Waals surface area contributed by atoms with E-state index in [0.717, 1.165) is 77.0 Å². The van der Waals surface area contributed by atoms with E-state index in [0.29, 0.717) is 0 Å². The van der Waals surface area contributed by atoms with Crippen molar-refractivity contribution < 1.29 is 95.2 Å². The summed E-state index contributed by atoms with van der Waals surface area (Å²) in [5, 5.41) is 0. The molecule has 14 unspecified atom stereocenters. The number of carbonyl (C=O) groups excluding carboxylic acids is 8. The van der Waals surface area contributed by atoms with E-state index in [9.17, 15) is 38.4 Å². The van der Waals surface area contributed by atoms with Crippen molar-refractivity contribution >= 4 is 47.8 Å². The Morgan fingerprint density at radius 2 is 0.487 bits per heavy atom. The second kappa shape index (κ2) is 44.2. The van der Waals surface area contributed by atoms with E-state index in [-0.39, 0.29) is 218 Å². The largest absolute Gasteiger partial charge is 0.463 e. The maximum atomic E-state index is 13.8. The lowest BCUT2D eigenvalue weighted by atomic mass is 9.86. The van der Waals surface area contributed by atoms with E-state index in [2.05, 4.69) is 0 Å². The van der Waals surface area contributed by atoms with Gasteiger partial charge >= 0.3 is 47.8 Å². The second-order valence-electron chi connectivity index (χ2n) is 18.5. The van der Waals surface area contributed by atoms with Gasteiger partial charge in [0.25, 0.3) is 0 Å². The molecule has 4 heterocycles. The van der Waals surface area contributed by atoms with Gasteiger partial charge in [-0.25, -0.2) is 19.2 Å². The Hall–Kier alpha value is -4.40. The van der Waals surface area contributed by atoms with Crippen LogP contribution in [0.1, 0.15) is 209 Å². The minimum absolute atomic E-state index is 0. The van der Waals surface area contributed by atoms with Crippen LogP contribution in [0.15, 0.2) is 0 Å². The average Bonchev–Trinajstić information content (AvgIpc) is 4.09. The lowest BCUT2D eigenvalue weighted by molar-refractivity contribution is -0.174. The number of ether oxygens (including phenoxy) is 12. The summed E-state index contributed by atoms with van der Waals surface area (Å²) in [6, 6.07) is 0. The summed E-state index contributed by atoms with van der Waals surface area (Å²) in [7, 11) is 0. The van der Waals surface area contributed by atoms with Crippen LogP contribution in [0.3, 0.4) is 0 Å². The molecule has 80 heavy (non-hydrogen) atoms. The number of esters is 8. The Bertz CT molecular complexity index is 1630. The van der Waals surface area contributed by atoms with Crippen molar-refractivity contribution in [2.24, 2.45) is 35.5 Å². The fourth-order valence-corrected chi connectivity index (χ4v) is 9.57. The first kappa shape index (κ1) is 94.9. The van der Waals surface area contributed by atoms with Crippen molar-refractivity contribution in [1.82, 2.24) is 0 Å². The predicted molar refractivity (Wildman–Crippen MR) is 316 cm³/mol. The molecule has 0 N–H and O–H groups in total. The predicted octanol–water partition coefficient (Wildman–Crippen LogP) is 11.8. The summed E-state index contributed by atoms with van der Waals surface area (Å²) in [6.07, 6.45) is 9.32. The Balaban J connectivity index is -0.000000450. The van der Waals surface area contributed by atoms with Gasteiger partial charge in [0, 0.05) is 0 Å². The highest BCUT2D eigenvalue weighted by Gasteiger charge is 2.47. The number of hydrogen-bond acceptors (Lipinski definition) is 20. The van der Waals surface area contributed by atoms with Crippen LogP contribution in [0, 0.1) is 35.5 Å². The highest BCUT2D eigenvalue weighted by atomic mass is 16.6. The summed E-state index contributed by atoms with van der Waals surface area (Å²) < 4.78 is 64.1. The molecular formula is C60H122O20. The van der Waals surface area contributed by atoms with E-state index in [1.165, 1.54) is 0 Å². The van der Waals surface area contributed by atoms with Gasteiger partial charge in [0.2, 0.25) is 0 Å². The van der Waals surface area contributed by atoms with Gasteiger partial charge in [0.05, 0.1) is 99.9 Å². The molecule has 0 aromatic heterocycles. The van der Waals surface area contributed by atoms with Gasteiger partial charge in [-0.3, -0.25) is 19.2 Å². The normalized spacial score (nSPS) is 26.6. The van der Waals surface area contributed by atoms with E-state index >= 15 is 0 Å². The zero-order valence-corrected chi connectivity index (χ0v) is 35.8. The smallest absolute Gasteiger partial charge is 0.344 e. The molecule has 4 aliphatic heterocycles. The van der Waals surface area contributed by atoms with Gasteiger partial charge in [0.1, 0.15) is 0 Å². The number of epoxide rings is 4. The van der Waals surface area contributed by atoms with Gasteiger partial charge in [-0.1, -0.05) is 119 Å². The maximum Gasteiger partial charge on any atom is 0.344 e. The fraction of sp³-hybridized carbons (Fsp3) is 0.867. The molecule has 0 bridgehead atoms. The van der Waals surface area contributed by atoms with Crippen LogP contribution in [0.4, 0.5) is 0 Å². The van der Waals surface area contributed by atoms with Gasteiger partial charge in [0.15, 0.2) is 26.4 Å². The monoisotopic (exact) mass is 1160 g/mol. The Morgan fingerprint density at radius 3 is 0.700 bits per heavy atom. The molecule has 8 rings (SSSR count). The summed E-state index contributed by atoms with van der Waals surface area (Å²) >= 11 is 0. The second-order valence-corrected chi connectivity index (χ2v) is 18.5. The van der Waals surface area contributed by atoms with Crippen LogP contribution in [0.25, 0.3) is 0 Å². The molecule has 0 aromatic carbocycles. The molecule has 0 aromatic rings. The van der Waals surface area contributed by atoms with Gasteiger partial charge < -0.3 is 56.8 Å². The van der Waals surface area contributed by atoms with E-state index in [1.807, 2.05) is 0 Å². The summed E-state index contributed by atoms with van der Waals surface area (Å²) in [5.41, 5.74) is 0. The number of fused-ring (bicyclic) bond motifs is 4. The van der Waals surface area contributed by atoms with E-state index < -0.39 is 98.9 Å². The first-order chi connectivity index (χ1) is 30.9. The van der Waals surface area contributed by atoms with E-state index in [4.69, 9.17) is 56.8 Å². The van der Waals surface area contributed by atoms with Gasteiger partial charge in [-0.15, -0.1) is 0 Å². The van der Waals surface area contributed by atoms with Gasteiger partial charge in [-0.2, -0.15) is 0 Å². The van der Waals surface area contributed by atoms with Crippen LogP contribution in [0.5, 0.6) is 0 Å². The number of rotatable bonds is 23. The Morgan fingerprint density at radius 1 is 0.275 bits per heavy atom. The molecule has 4 aliphatic carbocycles. The lowest BCUT2D eigenvalue weighted by Crippen LogP contribution is -2.38. The third-order valence-corrected chi connectivity index (χ3v) is 13.6. The summed E-state index contributed by atoms with van der Waals surface area (Å²) in [5.74, 6) is -11.9. The van der Waals surface area contributed by atoms with Crippen molar-refractivity contribution in [3.05, 3.63) is 0 Å². The average molecular weight is 1160 g/mol. The minimum Gasteiger partial charge on any atom is -0.463 e. The van der Waals surface area contributed by atoms with E-state index in [1.54, 1.807) is 0 Å². The quantitative estimate of drug-likeness (QED) is 0.0523. The molecule has 20 nitrogen and oxygen atoms in total. The van der Waals surface area contributed by atoms with Crippen LogP contribution in [-0.4, -0.2) is 149 Å². The molecule has 482 valence electrons. The summed E-state index contributed by atoms with van der Waals surface area (Å²) in [6.45, 7) is -3.15. The number of carbonyl (C=O) groups is 8.